The number of benzene rings is 1. The van der Waals surface area contributed by atoms with E-state index in [0.717, 1.165) is 19.3 Å². The lowest BCUT2D eigenvalue weighted by atomic mass is 10.2. The second-order valence-corrected chi connectivity index (χ2v) is 8.60. The van der Waals surface area contributed by atoms with Gasteiger partial charge in [-0.15, -0.1) is 16.2 Å². The van der Waals surface area contributed by atoms with Crippen molar-refractivity contribution in [3.8, 4) is 5.75 Å². The molecule has 3 rings (SSSR count). The molecule has 0 saturated carbocycles. The number of ether oxygens (including phenoxy) is 2. The van der Waals surface area contributed by atoms with Crippen LogP contribution in [0.1, 0.15) is 26.5 Å². The molecule has 0 atom stereocenters. The highest BCUT2D eigenvalue weighted by atomic mass is 32.2. The molecule has 9 heteroatoms. The van der Waals surface area contributed by atoms with Crippen molar-refractivity contribution in [3.05, 3.63) is 45.6 Å². The number of rotatable bonds is 8. The molecule has 2 aromatic rings. The van der Waals surface area contributed by atoms with Gasteiger partial charge < -0.3 is 9.47 Å². The molecular weight excluding hydrogens is 376 g/mol. The summed E-state index contributed by atoms with van der Waals surface area (Å²) >= 11 is 1.41. The zero-order chi connectivity index (χ0) is 18.6. The van der Waals surface area contributed by atoms with E-state index in [-0.39, 0.29) is 4.90 Å². The molecule has 1 aliphatic carbocycles. The number of carbonyl (C=O) groups excluding carboxylic acids is 1. The highest BCUT2D eigenvalue weighted by Crippen LogP contribution is 2.30. The van der Waals surface area contributed by atoms with E-state index in [2.05, 4.69) is 10.3 Å². The smallest absolute Gasteiger partial charge is 0.276 e. The number of hydrogen-bond donors (Lipinski definition) is 2. The van der Waals surface area contributed by atoms with Crippen molar-refractivity contribution in [1.82, 2.24) is 10.3 Å². The number of aryl methyl sites for hydroxylation is 2. The van der Waals surface area contributed by atoms with Crippen LogP contribution < -0.4 is 15.0 Å². The van der Waals surface area contributed by atoms with Crippen molar-refractivity contribution in [2.45, 2.75) is 24.2 Å². The summed E-state index contributed by atoms with van der Waals surface area (Å²) in [4.78, 5) is 16.1. The monoisotopic (exact) mass is 396 g/mol. The van der Waals surface area contributed by atoms with Crippen LogP contribution in [0.2, 0.25) is 0 Å². The maximum atomic E-state index is 12.3. The first-order valence-corrected chi connectivity index (χ1v) is 10.4. The van der Waals surface area contributed by atoms with Crippen LogP contribution in [0, 0.1) is 0 Å². The fourth-order valence-electron chi connectivity index (χ4n) is 2.63. The highest BCUT2D eigenvalue weighted by molar-refractivity contribution is 7.89. The molecule has 1 heterocycles. The van der Waals surface area contributed by atoms with Crippen LogP contribution in [-0.4, -0.2) is 34.6 Å². The Morgan fingerprint density at radius 2 is 1.96 bits per heavy atom. The molecule has 1 aromatic carbocycles. The summed E-state index contributed by atoms with van der Waals surface area (Å²) in [5.41, 5.74) is 3.46. The van der Waals surface area contributed by atoms with Gasteiger partial charge in [0.15, 0.2) is 0 Å². The van der Waals surface area contributed by atoms with Crippen LogP contribution in [0.25, 0.3) is 0 Å². The molecule has 0 fully saturated rings. The van der Waals surface area contributed by atoms with Crippen molar-refractivity contribution in [2.75, 3.05) is 20.3 Å². The Bertz CT molecular complexity index is 854. The number of carbonyl (C=O) groups is 1. The van der Waals surface area contributed by atoms with E-state index in [4.69, 9.17) is 9.47 Å². The Kier molecular flexibility index (Phi) is 5.92. The van der Waals surface area contributed by atoms with Gasteiger partial charge in [0.05, 0.1) is 16.4 Å². The molecular formula is C17H20N2O5S2. The van der Waals surface area contributed by atoms with E-state index in [1.165, 1.54) is 33.9 Å². The summed E-state index contributed by atoms with van der Waals surface area (Å²) in [6.07, 6.45) is 3.07. The van der Waals surface area contributed by atoms with E-state index in [0.29, 0.717) is 23.8 Å². The minimum atomic E-state index is -3.86. The van der Waals surface area contributed by atoms with Crippen LogP contribution in [0.3, 0.4) is 0 Å². The van der Waals surface area contributed by atoms with Crippen LogP contribution in [-0.2, 0) is 27.6 Å². The first-order chi connectivity index (χ1) is 12.5. The summed E-state index contributed by atoms with van der Waals surface area (Å²) in [5.74, 6) is 0.0885. The summed E-state index contributed by atoms with van der Waals surface area (Å²) in [7, 11) is -2.29. The highest BCUT2D eigenvalue weighted by Gasteiger charge is 2.20. The van der Waals surface area contributed by atoms with Gasteiger partial charge in [0.1, 0.15) is 12.4 Å². The summed E-state index contributed by atoms with van der Waals surface area (Å²) in [6.45, 7) is 0.821. The number of fused-ring (bicyclic) bond motifs is 1. The average molecular weight is 396 g/mol. The van der Waals surface area contributed by atoms with Crippen molar-refractivity contribution >= 4 is 27.3 Å². The maximum Gasteiger partial charge on any atom is 0.276 e. The molecule has 1 aliphatic rings. The van der Waals surface area contributed by atoms with Crippen LogP contribution in [0.15, 0.2) is 35.2 Å². The van der Waals surface area contributed by atoms with Gasteiger partial charge >= 0.3 is 0 Å². The van der Waals surface area contributed by atoms with E-state index in [9.17, 15) is 13.2 Å². The first-order valence-electron chi connectivity index (χ1n) is 8.15. The third-order valence-corrected chi connectivity index (χ3v) is 6.46. The van der Waals surface area contributed by atoms with E-state index >= 15 is 0 Å². The molecule has 26 heavy (non-hydrogen) atoms. The van der Waals surface area contributed by atoms with E-state index in [1.807, 2.05) is 6.07 Å². The topological polar surface area (TPSA) is 93.7 Å². The predicted molar refractivity (Wildman–Crippen MR) is 97.9 cm³/mol. The van der Waals surface area contributed by atoms with Gasteiger partial charge in [0, 0.05) is 12.0 Å². The second kappa shape index (κ2) is 8.17. The molecule has 0 radical (unpaired) electrons. The van der Waals surface area contributed by atoms with E-state index < -0.39 is 15.9 Å². The average Bonchev–Trinajstić information content (AvgIpc) is 3.22. The van der Waals surface area contributed by atoms with Gasteiger partial charge in [-0.2, -0.15) is 0 Å². The maximum absolute atomic E-state index is 12.3. The summed E-state index contributed by atoms with van der Waals surface area (Å²) < 4.78 is 34.9. The van der Waals surface area contributed by atoms with Crippen LogP contribution >= 0.6 is 11.3 Å². The molecule has 1 aromatic heterocycles. The minimum Gasteiger partial charge on any atom is -0.491 e. The Balaban J connectivity index is 1.58. The first kappa shape index (κ1) is 18.8. The van der Waals surface area contributed by atoms with Gasteiger partial charge in [-0.3, -0.25) is 10.2 Å². The normalized spacial score (nSPS) is 13.4. The zero-order valence-corrected chi connectivity index (χ0v) is 15.9. The molecule has 2 N–H and O–H groups in total. The quantitative estimate of drug-likeness (QED) is 0.525. The lowest BCUT2D eigenvalue weighted by Gasteiger charge is -2.09. The Morgan fingerprint density at radius 1 is 1.19 bits per heavy atom. The van der Waals surface area contributed by atoms with Crippen molar-refractivity contribution in [2.24, 2.45) is 0 Å². The van der Waals surface area contributed by atoms with Crippen molar-refractivity contribution in [1.29, 1.82) is 0 Å². The second-order valence-electron chi connectivity index (χ2n) is 5.78. The molecule has 7 nitrogen and oxygen atoms in total. The summed E-state index contributed by atoms with van der Waals surface area (Å²) in [6, 6.07) is 7.77. The number of thiophene rings is 1. The van der Waals surface area contributed by atoms with Crippen molar-refractivity contribution < 1.29 is 22.7 Å². The molecule has 0 bridgehead atoms. The fourth-order valence-corrected chi connectivity index (χ4v) is 4.62. The third kappa shape index (κ3) is 4.42. The minimum absolute atomic E-state index is 0.0329. The van der Waals surface area contributed by atoms with Crippen LogP contribution in [0.5, 0.6) is 5.75 Å². The van der Waals surface area contributed by atoms with Crippen molar-refractivity contribution in [3.63, 3.8) is 0 Å². The number of methoxy groups -OCH3 is 1. The van der Waals surface area contributed by atoms with Gasteiger partial charge in [-0.05, 0) is 55.2 Å². The molecule has 0 spiro atoms. The molecule has 1 amide bonds. The Labute approximate surface area is 156 Å². The zero-order valence-electron chi connectivity index (χ0n) is 14.3. The van der Waals surface area contributed by atoms with Gasteiger partial charge in [-0.25, -0.2) is 8.42 Å². The fraction of sp³-hybridized carbons (Fsp3) is 0.353. The molecule has 140 valence electrons. The molecule has 0 unspecified atom stereocenters. The van der Waals surface area contributed by atoms with E-state index in [1.54, 1.807) is 19.2 Å². The third-order valence-electron chi connectivity index (χ3n) is 3.96. The molecule has 0 saturated heterocycles. The Morgan fingerprint density at radius 3 is 2.65 bits per heavy atom. The number of amides is 1. The number of hydrogen-bond acceptors (Lipinski definition) is 6. The Hall–Kier alpha value is -1.94. The lowest BCUT2D eigenvalue weighted by molar-refractivity contribution is 0.0949. The van der Waals surface area contributed by atoms with Crippen LogP contribution in [0.4, 0.5) is 0 Å². The standard InChI is InChI=1S/C17H20N2O5S2/c1-23-9-10-24-13-5-7-14(8-6-13)26(21,22)19-18-17(20)16-11-12-3-2-4-15(12)25-16/h5-8,11,19H,2-4,9-10H2,1H3,(H,18,20). The lowest BCUT2D eigenvalue weighted by Crippen LogP contribution is -2.41. The SMILES string of the molecule is COCCOc1ccc(S(=O)(=O)NNC(=O)c2cc3c(s2)CCC3)cc1. The largest absolute Gasteiger partial charge is 0.491 e. The summed E-state index contributed by atoms with van der Waals surface area (Å²) in [5, 5.41) is 0. The number of sulfonamides is 1. The van der Waals surface area contributed by atoms with Gasteiger partial charge in [0.25, 0.3) is 15.9 Å². The number of nitrogens with one attached hydrogen (secondary N) is 2. The van der Waals surface area contributed by atoms with Gasteiger partial charge in [-0.1, -0.05) is 0 Å². The molecule has 0 aliphatic heterocycles. The van der Waals surface area contributed by atoms with Gasteiger partial charge in [0.2, 0.25) is 0 Å². The predicted octanol–water partition coefficient (Wildman–Crippen LogP) is 1.89. The number of hydrazine groups is 1.